The van der Waals surface area contributed by atoms with E-state index in [2.05, 4.69) is 0 Å². The number of benzene rings is 2. The largest absolute Gasteiger partial charge is 0.493 e. The topological polar surface area (TPSA) is 112 Å². The summed E-state index contributed by atoms with van der Waals surface area (Å²) in [7, 11) is -2.04. The normalized spacial score (nSPS) is 20.1. The van der Waals surface area contributed by atoms with Crippen LogP contribution in [-0.4, -0.2) is 79.1 Å². The molecular weight excluding hydrogens is 484 g/mol. The second kappa shape index (κ2) is 9.98. The van der Waals surface area contributed by atoms with E-state index >= 15 is 0 Å². The maximum atomic E-state index is 13.5. The zero-order valence-corrected chi connectivity index (χ0v) is 21.6. The summed E-state index contributed by atoms with van der Waals surface area (Å²) in [5, 5.41) is 0. The number of rotatable bonds is 8. The number of hydrogen-bond acceptors (Lipinski definition) is 8. The van der Waals surface area contributed by atoms with E-state index in [1.807, 2.05) is 0 Å². The van der Waals surface area contributed by atoms with Crippen LogP contribution in [0.25, 0.3) is 0 Å². The van der Waals surface area contributed by atoms with Crippen molar-refractivity contribution in [3.63, 3.8) is 0 Å². The van der Waals surface area contributed by atoms with Crippen LogP contribution >= 0.6 is 0 Å². The van der Waals surface area contributed by atoms with E-state index in [1.165, 1.54) is 73.4 Å². The number of methoxy groups -OCH3 is 4. The van der Waals surface area contributed by atoms with E-state index in [1.54, 1.807) is 13.8 Å². The van der Waals surface area contributed by atoms with Crippen LogP contribution in [0.15, 0.2) is 46.2 Å². The Balaban J connectivity index is 1.91. The fraction of sp³-hybridized carbons (Fsp3) is 0.455. The first-order chi connectivity index (χ1) is 16.0. The van der Waals surface area contributed by atoms with Gasteiger partial charge >= 0.3 is 0 Å². The number of sulfonamides is 2. The van der Waals surface area contributed by atoms with Crippen LogP contribution in [0.2, 0.25) is 0 Å². The van der Waals surface area contributed by atoms with E-state index in [0.717, 1.165) is 0 Å². The van der Waals surface area contributed by atoms with Gasteiger partial charge in [-0.1, -0.05) is 0 Å². The van der Waals surface area contributed by atoms with Crippen LogP contribution in [0.5, 0.6) is 23.0 Å². The van der Waals surface area contributed by atoms with Crippen LogP contribution in [0, 0.1) is 0 Å². The van der Waals surface area contributed by atoms with Crippen LogP contribution in [0.4, 0.5) is 0 Å². The Bertz CT molecular complexity index is 1240. The van der Waals surface area contributed by atoms with Gasteiger partial charge in [0.1, 0.15) is 0 Å². The summed E-state index contributed by atoms with van der Waals surface area (Å²) >= 11 is 0. The second-order valence-corrected chi connectivity index (χ2v) is 11.7. The molecule has 2 aromatic rings. The minimum atomic E-state index is -3.93. The lowest BCUT2D eigenvalue weighted by molar-refractivity contribution is 0.159. The summed E-state index contributed by atoms with van der Waals surface area (Å²) in [6, 6.07) is 7.52. The van der Waals surface area contributed by atoms with Gasteiger partial charge in [-0.25, -0.2) is 16.8 Å². The van der Waals surface area contributed by atoms with Gasteiger partial charge in [-0.15, -0.1) is 0 Å². The van der Waals surface area contributed by atoms with Crippen molar-refractivity contribution in [1.29, 1.82) is 0 Å². The van der Waals surface area contributed by atoms with Crippen molar-refractivity contribution in [2.45, 2.75) is 35.7 Å². The molecule has 0 aromatic heterocycles. The molecule has 0 aliphatic carbocycles. The number of hydrogen-bond donors (Lipinski definition) is 0. The van der Waals surface area contributed by atoms with Crippen molar-refractivity contribution in [3.8, 4) is 23.0 Å². The molecule has 1 fully saturated rings. The van der Waals surface area contributed by atoms with Gasteiger partial charge in [0.05, 0.1) is 38.2 Å². The molecule has 1 saturated heterocycles. The van der Waals surface area contributed by atoms with Crippen molar-refractivity contribution < 1.29 is 35.8 Å². The molecular formula is C22H30N2O8S2. The zero-order valence-electron chi connectivity index (χ0n) is 20.0. The van der Waals surface area contributed by atoms with Gasteiger partial charge in [0.15, 0.2) is 23.0 Å². The minimum Gasteiger partial charge on any atom is -0.493 e. The molecule has 188 valence electrons. The molecule has 2 atom stereocenters. The predicted octanol–water partition coefficient (Wildman–Crippen LogP) is 2.19. The SMILES string of the molecule is COc1ccc(S(=O)(=O)N2C[C@H](C)N(S(=O)(=O)c3ccc(OC)c(OC)c3)[C@@H](C)C2)cc1OC. The Morgan fingerprint density at radius 3 is 1.41 bits per heavy atom. The Morgan fingerprint density at radius 1 is 0.647 bits per heavy atom. The van der Waals surface area contributed by atoms with Gasteiger partial charge < -0.3 is 18.9 Å². The molecule has 10 nitrogen and oxygen atoms in total. The maximum Gasteiger partial charge on any atom is 0.243 e. The Labute approximate surface area is 201 Å². The van der Waals surface area contributed by atoms with Gasteiger partial charge in [0.2, 0.25) is 20.0 Å². The lowest BCUT2D eigenvalue weighted by atomic mass is 10.2. The first-order valence-electron chi connectivity index (χ1n) is 10.5. The zero-order chi connectivity index (χ0) is 25.3. The van der Waals surface area contributed by atoms with Crippen molar-refractivity contribution >= 4 is 20.0 Å². The third-order valence-electron chi connectivity index (χ3n) is 5.73. The van der Waals surface area contributed by atoms with Gasteiger partial charge in [-0.3, -0.25) is 0 Å². The van der Waals surface area contributed by atoms with E-state index in [0.29, 0.717) is 23.0 Å². The molecule has 12 heteroatoms. The maximum absolute atomic E-state index is 13.5. The summed E-state index contributed by atoms with van der Waals surface area (Å²) in [6.07, 6.45) is 0. The Morgan fingerprint density at radius 2 is 1.03 bits per heavy atom. The van der Waals surface area contributed by atoms with Crippen LogP contribution < -0.4 is 18.9 Å². The van der Waals surface area contributed by atoms with Crippen LogP contribution in [0.3, 0.4) is 0 Å². The van der Waals surface area contributed by atoms with Crippen molar-refractivity contribution in [3.05, 3.63) is 36.4 Å². The average Bonchev–Trinajstić information content (AvgIpc) is 2.82. The van der Waals surface area contributed by atoms with E-state index in [9.17, 15) is 16.8 Å². The number of nitrogens with zero attached hydrogens (tertiary/aromatic N) is 2. The number of ether oxygens (including phenoxy) is 4. The molecule has 34 heavy (non-hydrogen) atoms. The third kappa shape index (κ3) is 4.67. The highest BCUT2D eigenvalue weighted by Crippen LogP contribution is 2.35. The Hall–Kier alpha value is -2.54. The molecule has 1 aliphatic rings. The lowest BCUT2D eigenvalue weighted by Crippen LogP contribution is -2.59. The molecule has 0 unspecified atom stereocenters. The van der Waals surface area contributed by atoms with Gasteiger partial charge in [-0.05, 0) is 38.1 Å². The smallest absolute Gasteiger partial charge is 0.243 e. The van der Waals surface area contributed by atoms with Gasteiger partial charge in [0, 0.05) is 37.3 Å². The minimum absolute atomic E-state index is 0.00641. The molecule has 2 aromatic carbocycles. The highest BCUT2D eigenvalue weighted by molar-refractivity contribution is 7.89. The second-order valence-electron chi connectivity index (χ2n) is 7.89. The quantitative estimate of drug-likeness (QED) is 0.527. The van der Waals surface area contributed by atoms with Gasteiger partial charge in [0.25, 0.3) is 0 Å². The molecule has 0 amide bonds. The molecule has 0 radical (unpaired) electrons. The summed E-state index contributed by atoms with van der Waals surface area (Å²) in [4.78, 5) is 0.0841. The average molecular weight is 515 g/mol. The van der Waals surface area contributed by atoms with E-state index in [-0.39, 0.29) is 22.9 Å². The first kappa shape index (κ1) is 26.1. The van der Waals surface area contributed by atoms with E-state index < -0.39 is 32.1 Å². The highest BCUT2D eigenvalue weighted by Gasteiger charge is 2.42. The molecule has 3 rings (SSSR count). The third-order valence-corrected chi connectivity index (χ3v) is 9.68. The molecule has 0 bridgehead atoms. The summed E-state index contributed by atoms with van der Waals surface area (Å²) in [5.74, 6) is 1.40. The standard InChI is InChI=1S/C22H30N2O8S2/c1-15-13-23(33(25,26)17-7-9-19(29-3)21(11-17)31-5)14-16(2)24(15)34(27,28)18-8-10-20(30-4)22(12-18)32-6/h7-12,15-16H,13-14H2,1-6H3/t15-,16-/m0/s1. The molecule has 0 saturated carbocycles. The summed E-state index contributed by atoms with van der Waals surface area (Å²) < 4.78 is 77.2. The summed E-state index contributed by atoms with van der Waals surface area (Å²) in [6.45, 7) is 3.36. The Kier molecular flexibility index (Phi) is 7.65. The summed E-state index contributed by atoms with van der Waals surface area (Å²) in [5.41, 5.74) is 0. The predicted molar refractivity (Wildman–Crippen MR) is 126 cm³/mol. The van der Waals surface area contributed by atoms with Crippen molar-refractivity contribution in [2.75, 3.05) is 41.5 Å². The lowest BCUT2D eigenvalue weighted by Gasteiger charge is -2.42. The first-order valence-corrected chi connectivity index (χ1v) is 13.4. The van der Waals surface area contributed by atoms with Crippen LogP contribution in [0.1, 0.15) is 13.8 Å². The fourth-order valence-electron chi connectivity index (χ4n) is 4.15. The molecule has 0 spiro atoms. The monoisotopic (exact) mass is 514 g/mol. The van der Waals surface area contributed by atoms with Gasteiger partial charge in [-0.2, -0.15) is 8.61 Å². The van der Waals surface area contributed by atoms with E-state index in [4.69, 9.17) is 18.9 Å². The van der Waals surface area contributed by atoms with Crippen molar-refractivity contribution in [1.82, 2.24) is 8.61 Å². The van der Waals surface area contributed by atoms with Crippen molar-refractivity contribution in [2.24, 2.45) is 0 Å². The molecule has 1 heterocycles. The fourth-order valence-corrected chi connectivity index (χ4v) is 7.59. The highest BCUT2D eigenvalue weighted by atomic mass is 32.2. The molecule has 0 N–H and O–H groups in total. The molecule has 1 aliphatic heterocycles. The van der Waals surface area contributed by atoms with Crippen LogP contribution in [-0.2, 0) is 20.0 Å². The number of piperazine rings is 1.